The van der Waals surface area contributed by atoms with Gasteiger partial charge in [0.1, 0.15) is 0 Å². The minimum Gasteiger partial charge on any atom is -0.390 e. The first-order valence-corrected chi connectivity index (χ1v) is 10.5. The number of nitrogens with zero attached hydrogens (tertiary/aromatic N) is 1. The molecule has 2 heterocycles. The molecule has 1 aliphatic rings. The Morgan fingerprint density at radius 3 is 2.79 bits per heavy atom. The van der Waals surface area contributed by atoms with Gasteiger partial charge in [0, 0.05) is 25.1 Å². The van der Waals surface area contributed by atoms with Crippen LogP contribution in [0.3, 0.4) is 0 Å². The summed E-state index contributed by atoms with van der Waals surface area (Å²) in [5.41, 5.74) is 4.35. The van der Waals surface area contributed by atoms with Gasteiger partial charge in [0.05, 0.1) is 12.1 Å². The highest BCUT2D eigenvalue weighted by Crippen LogP contribution is 2.24. The molecule has 0 saturated carbocycles. The molecule has 0 spiro atoms. The maximum absolute atomic E-state index is 13.2. The third-order valence-electron chi connectivity index (χ3n) is 4.79. The van der Waals surface area contributed by atoms with E-state index in [0.29, 0.717) is 17.3 Å². The van der Waals surface area contributed by atoms with Gasteiger partial charge in [-0.05, 0) is 37.9 Å². The maximum Gasteiger partial charge on any atom is 0.272 e. The number of nitrogens with one attached hydrogen (secondary N) is 2. The third kappa shape index (κ3) is 4.97. The van der Waals surface area contributed by atoms with Gasteiger partial charge in [-0.2, -0.15) is 0 Å². The number of amides is 2. The average Bonchev–Trinajstić information content (AvgIpc) is 2.84. The van der Waals surface area contributed by atoms with Gasteiger partial charge in [-0.25, -0.2) is 12.7 Å². The molecular formula is C17H26N4O6S. The Kier molecular flexibility index (Phi) is 7.33. The molecule has 2 unspecified atom stereocenters. The van der Waals surface area contributed by atoms with Crippen molar-refractivity contribution in [2.24, 2.45) is 11.7 Å². The van der Waals surface area contributed by atoms with Crippen molar-refractivity contribution in [3.63, 3.8) is 0 Å². The quantitative estimate of drug-likeness (QED) is 0.440. The fourth-order valence-electron chi connectivity index (χ4n) is 3.09. The molecule has 2 amide bonds. The predicted octanol–water partition coefficient (Wildman–Crippen LogP) is -1.09. The number of hydrogen-bond acceptors (Lipinski definition) is 7. The number of pyridine rings is 1. The summed E-state index contributed by atoms with van der Waals surface area (Å²) in [4.78, 5) is 37.9. The van der Waals surface area contributed by atoms with Gasteiger partial charge in [-0.1, -0.05) is 6.92 Å². The van der Waals surface area contributed by atoms with E-state index in [0.717, 1.165) is 6.07 Å². The lowest BCUT2D eigenvalue weighted by molar-refractivity contribution is -0.130. The van der Waals surface area contributed by atoms with Crippen molar-refractivity contribution in [2.45, 2.75) is 49.6 Å². The largest absolute Gasteiger partial charge is 0.390 e. The van der Waals surface area contributed by atoms with Gasteiger partial charge >= 0.3 is 0 Å². The lowest BCUT2D eigenvalue weighted by Crippen LogP contribution is -2.52. The molecule has 0 bridgehead atoms. The fourth-order valence-corrected chi connectivity index (χ4v) is 4.81. The Bertz CT molecular complexity index is 868. The Hall–Kier alpha value is -2.24. The van der Waals surface area contributed by atoms with Gasteiger partial charge < -0.3 is 21.1 Å². The van der Waals surface area contributed by atoms with Crippen molar-refractivity contribution < 1.29 is 23.1 Å². The van der Waals surface area contributed by atoms with E-state index in [4.69, 9.17) is 5.73 Å². The normalized spacial score (nSPS) is 21.5. The van der Waals surface area contributed by atoms with Crippen LogP contribution in [0.2, 0.25) is 0 Å². The number of H-pyrrole nitrogens is 1. The van der Waals surface area contributed by atoms with Crippen molar-refractivity contribution in [1.82, 2.24) is 14.6 Å². The molecule has 156 valence electrons. The molecule has 0 radical (unpaired) electrons. The molecule has 1 aromatic rings. The summed E-state index contributed by atoms with van der Waals surface area (Å²) in [6.07, 6.45) is 0.750. The van der Waals surface area contributed by atoms with E-state index >= 15 is 0 Å². The fraction of sp³-hybridized carbons (Fsp3) is 0.588. The average molecular weight is 414 g/mol. The molecule has 3 atom stereocenters. The highest BCUT2D eigenvalue weighted by atomic mass is 32.2. The van der Waals surface area contributed by atoms with Crippen molar-refractivity contribution in [3.05, 3.63) is 28.7 Å². The second-order valence-corrected chi connectivity index (χ2v) is 8.66. The van der Waals surface area contributed by atoms with Gasteiger partial charge in [0.25, 0.3) is 15.6 Å². The molecule has 10 nitrogen and oxygen atoms in total. The highest BCUT2D eigenvalue weighted by molar-refractivity contribution is 7.89. The second kappa shape index (κ2) is 9.30. The summed E-state index contributed by atoms with van der Waals surface area (Å²) in [5.74, 6) is -2.00. The number of aliphatic hydroxyl groups is 1. The number of rotatable bonds is 7. The van der Waals surface area contributed by atoms with Gasteiger partial charge in [0.15, 0.2) is 4.90 Å². The van der Waals surface area contributed by atoms with Crippen molar-refractivity contribution in [1.29, 1.82) is 0 Å². The Morgan fingerprint density at radius 1 is 1.43 bits per heavy atom. The number of aliphatic hydroxyl groups excluding tert-OH is 1. The Balaban J connectivity index is 2.43. The standard InChI is InChI=1S/C17H26N4O6S/c1-11(16(18)24)6-7-15(23)21(12-4-2-8-19-10-13(12)22)28(26,27)14-5-3-9-20-17(14)25/h3,5,9,11-13,19,22H,2,4,6-8,10H2,1H3,(H2,18,24)(H,20,25)/t11?,12?,13-/m0/s1. The van der Waals surface area contributed by atoms with E-state index in [1.165, 1.54) is 12.3 Å². The molecule has 28 heavy (non-hydrogen) atoms. The summed E-state index contributed by atoms with van der Waals surface area (Å²) in [5, 5.41) is 13.4. The molecule has 1 fully saturated rings. The lowest BCUT2D eigenvalue weighted by Gasteiger charge is -2.33. The van der Waals surface area contributed by atoms with Crippen LogP contribution in [-0.4, -0.2) is 59.9 Å². The number of aromatic nitrogens is 1. The lowest BCUT2D eigenvalue weighted by atomic mass is 10.0. The molecule has 1 aliphatic heterocycles. The number of aromatic amines is 1. The molecule has 0 aromatic carbocycles. The first-order chi connectivity index (χ1) is 13.2. The number of primary amides is 1. The molecule has 2 rings (SSSR count). The third-order valence-corrected chi connectivity index (χ3v) is 6.66. The van der Waals surface area contributed by atoms with Gasteiger partial charge in [0.2, 0.25) is 11.8 Å². The number of carbonyl (C=O) groups is 2. The van der Waals surface area contributed by atoms with Gasteiger partial charge in [-0.15, -0.1) is 0 Å². The smallest absolute Gasteiger partial charge is 0.272 e. The summed E-state index contributed by atoms with van der Waals surface area (Å²) >= 11 is 0. The monoisotopic (exact) mass is 414 g/mol. The van der Waals surface area contributed by atoms with E-state index < -0.39 is 50.4 Å². The molecular weight excluding hydrogens is 388 g/mol. The van der Waals surface area contributed by atoms with Crippen LogP contribution in [0.15, 0.2) is 28.0 Å². The van der Waals surface area contributed by atoms with Crippen LogP contribution < -0.4 is 16.6 Å². The number of sulfonamides is 1. The summed E-state index contributed by atoms with van der Waals surface area (Å²) in [6.45, 7) is 2.23. The van der Waals surface area contributed by atoms with Crippen LogP contribution in [-0.2, 0) is 19.6 Å². The number of nitrogens with two attached hydrogens (primary N) is 1. The van der Waals surface area contributed by atoms with Crippen LogP contribution >= 0.6 is 0 Å². The topological polar surface area (TPSA) is 163 Å². The predicted molar refractivity (Wildman–Crippen MR) is 101 cm³/mol. The summed E-state index contributed by atoms with van der Waals surface area (Å²) in [6, 6.07) is 1.44. The second-order valence-electron chi connectivity index (χ2n) is 6.88. The molecule has 0 aliphatic carbocycles. The molecule has 1 aromatic heterocycles. The van der Waals surface area contributed by atoms with Crippen LogP contribution in [0, 0.1) is 5.92 Å². The van der Waals surface area contributed by atoms with Crippen molar-refractivity contribution >= 4 is 21.8 Å². The van der Waals surface area contributed by atoms with Crippen LogP contribution in [0.4, 0.5) is 0 Å². The molecule has 1 saturated heterocycles. The maximum atomic E-state index is 13.2. The van der Waals surface area contributed by atoms with Crippen LogP contribution in [0.25, 0.3) is 0 Å². The van der Waals surface area contributed by atoms with Crippen LogP contribution in [0.1, 0.15) is 32.6 Å². The van der Waals surface area contributed by atoms with Crippen molar-refractivity contribution in [3.8, 4) is 0 Å². The minimum atomic E-state index is -4.51. The number of hydrogen-bond donors (Lipinski definition) is 4. The zero-order valence-corrected chi connectivity index (χ0v) is 16.4. The SMILES string of the molecule is CC(CCC(=O)N(C1CCCNC[C@@H]1O)S(=O)(=O)c1ccc[nH]c1=O)C(N)=O. The van der Waals surface area contributed by atoms with E-state index in [2.05, 4.69) is 10.3 Å². The van der Waals surface area contributed by atoms with E-state index in [9.17, 15) is 27.9 Å². The van der Waals surface area contributed by atoms with Gasteiger partial charge in [-0.3, -0.25) is 14.4 Å². The summed E-state index contributed by atoms with van der Waals surface area (Å²) < 4.78 is 27.0. The highest BCUT2D eigenvalue weighted by Gasteiger charge is 2.40. The summed E-state index contributed by atoms with van der Waals surface area (Å²) in [7, 11) is -4.51. The zero-order chi connectivity index (χ0) is 20.9. The molecule has 11 heteroatoms. The van der Waals surface area contributed by atoms with Crippen molar-refractivity contribution in [2.75, 3.05) is 13.1 Å². The Labute approximate surface area is 163 Å². The first-order valence-electron chi connectivity index (χ1n) is 9.09. The van der Waals surface area contributed by atoms with E-state index in [-0.39, 0.29) is 25.8 Å². The zero-order valence-electron chi connectivity index (χ0n) is 15.6. The first kappa shape index (κ1) is 22.1. The minimum absolute atomic E-state index is 0.0619. The Morgan fingerprint density at radius 2 is 2.14 bits per heavy atom. The number of β-amino-alcohol motifs (C(OH)–C–C–N with tert-alkyl or cyclic N) is 1. The van der Waals surface area contributed by atoms with E-state index in [1.54, 1.807) is 6.92 Å². The number of carbonyl (C=O) groups excluding carboxylic acids is 2. The van der Waals surface area contributed by atoms with Crippen LogP contribution in [0.5, 0.6) is 0 Å². The molecule has 5 N–H and O–H groups in total. The van der Waals surface area contributed by atoms with E-state index in [1.807, 2.05) is 0 Å².